The lowest BCUT2D eigenvalue weighted by Crippen LogP contribution is -2.01. The third-order valence-electron chi connectivity index (χ3n) is 2.86. The molecule has 0 unspecified atom stereocenters. The van der Waals surface area contributed by atoms with E-state index in [0.29, 0.717) is 17.2 Å². The molecule has 1 heterocycles. The Morgan fingerprint density at radius 3 is 2.44 bits per heavy atom. The molecule has 0 bridgehead atoms. The Morgan fingerprint density at radius 2 is 1.83 bits per heavy atom. The number of rotatable bonds is 2. The second-order valence-corrected chi connectivity index (χ2v) is 4.41. The Morgan fingerprint density at radius 1 is 1.11 bits per heavy atom. The van der Waals surface area contributed by atoms with Gasteiger partial charge in [0.15, 0.2) is 0 Å². The smallest absolute Gasteiger partial charge is 0.222 e. The summed E-state index contributed by atoms with van der Waals surface area (Å²) in [4.78, 5) is 8.47. The molecule has 0 fully saturated rings. The van der Waals surface area contributed by atoms with Crippen molar-refractivity contribution in [1.82, 2.24) is 9.97 Å². The Hall–Kier alpha value is -1.97. The van der Waals surface area contributed by atoms with Crippen molar-refractivity contribution in [3.8, 4) is 11.3 Å². The van der Waals surface area contributed by atoms with Gasteiger partial charge in [0.2, 0.25) is 5.95 Å². The van der Waals surface area contributed by atoms with Gasteiger partial charge in [0, 0.05) is 18.8 Å². The summed E-state index contributed by atoms with van der Waals surface area (Å²) >= 11 is 0. The van der Waals surface area contributed by atoms with Crippen LogP contribution in [0.1, 0.15) is 16.7 Å². The molecule has 1 N–H and O–H groups in total. The number of anilines is 1. The molecule has 0 saturated heterocycles. The fourth-order valence-electron chi connectivity index (χ4n) is 2.03. The van der Waals surface area contributed by atoms with Crippen LogP contribution in [0, 0.1) is 26.6 Å². The van der Waals surface area contributed by atoms with Crippen LogP contribution in [0.15, 0.2) is 18.3 Å². The van der Waals surface area contributed by atoms with Crippen LogP contribution in [-0.4, -0.2) is 17.0 Å². The molecule has 0 spiro atoms. The van der Waals surface area contributed by atoms with Crippen LogP contribution in [0.25, 0.3) is 11.3 Å². The van der Waals surface area contributed by atoms with Crippen molar-refractivity contribution in [1.29, 1.82) is 0 Å². The second-order valence-electron chi connectivity index (χ2n) is 4.41. The minimum Gasteiger partial charge on any atom is -0.357 e. The van der Waals surface area contributed by atoms with Crippen molar-refractivity contribution in [2.45, 2.75) is 20.8 Å². The topological polar surface area (TPSA) is 37.8 Å². The third-order valence-corrected chi connectivity index (χ3v) is 2.86. The zero-order valence-corrected chi connectivity index (χ0v) is 11.0. The molecule has 1 aromatic heterocycles. The quantitative estimate of drug-likeness (QED) is 0.882. The van der Waals surface area contributed by atoms with E-state index < -0.39 is 0 Å². The number of hydrogen-bond donors (Lipinski definition) is 1. The lowest BCUT2D eigenvalue weighted by atomic mass is 10.00. The number of aryl methyl sites for hydroxylation is 3. The van der Waals surface area contributed by atoms with Gasteiger partial charge < -0.3 is 5.32 Å². The number of nitrogens with one attached hydrogen (secondary N) is 1. The summed E-state index contributed by atoms with van der Waals surface area (Å²) in [5.74, 6) is 0.256. The number of nitrogens with zero attached hydrogens (tertiary/aromatic N) is 2. The maximum absolute atomic E-state index is 14.1. The van der Waals surface area contributed by atoms with E-state index >= 15 is 0 Å². The molecule has 4 heteroatoms. The maximum atomic E-state index is 14.1. The van der Waals surface area contributed by atoms with Crippen LogP contribution in [0.3, 0.4) is 0 Å². The normalized spacial score (nSPS) is 10.5. The van der Waals surface area contributed by atoms with Crippen molar-refractivity contribution in [3.05, 3.63) is 40.8 Å². The molecule has 0 saturated carbocycles. The van der Waals surface area contributed by atoms with Gasteiger partial charge in [-0.25, -0.2) is 14.4 Å². The van der Waals surface area contributed by atoms with Crippen LogP contribution < -0.4 is 5.32 Å². The summed E-state index contributed by atoms with van der Waals surface area (Å²) < 4.78 is 14.1. The minimum atomic E-state index is -0.239. The second kappa shape index (κ2) is 4.72. The average Bonchev–Trinajstić information content (AvgIpc) is 2.30. The highest BCUT2D eigenvalue weighted by atomic mass is 19.1. The van der Waals surface area contributed by atoms with E-state index in [1.807, 2.05) is 26.8 Å². The van der Waals surface area contributed by atoms with Crippen LogP contribution >= 0.6 is 0 Å². The summed E-state index contributed by atoms with van der Waals surface area (Å²) in [5.41, 5.74) is 3.85. The first-order valence-electron chi connectivity index (χ1n) is 5.81. The Labute approximate surface area is 106 Å². The standard InChI is InChI=1S/C14H16FN3/c1-8-5-9(2)12(11(15)6-8)13-10(3)7-17-14(16-4)18-13/h5-7H,1-4H3,(H,16,17,18). The summed E-state index contributed by atoms with van der Waals surface area (Å²) in [7, 11) is 1.74. The van der Waals surface area contributed by atoms with Gasteiger partial charge in [-0.3, -0.25) is 0 Å². The highest BCUT2D eigenvalue weighted by molar-refractivity contribution is 5.68. The molecule has 0 aliphatic heterocycles. The lowest BCUT2D eigenvalue weighted by molar-refractivity contribution is 0.628. The minimum absolute atomic E-state index is 0.239. The van der Waals surface area contributed by atoms with E-state index in [9.17, 15) is 4.39 Å². The zero-order chi connectivity index (χ0) is 13.3. The van der Waals surface area contributed by atoms with Crippen molar-refractivity contribution in [3.63, 3.8) is 0 Å². The first-order chi connectivity index (χ1) is 8.52. The summed E-state index contributed by atoms with van der Waals surface area (Å²) in [6.45, 7) is 5.66. The fourth-order valence-corrected chi connectivity index (χ4v) is 2.03. The zero-order valence-electron chi connectivity index (χ0n) is 11.0. The molecule has 0 aliphatic rings. The molecule has 2 rings (SSSR count). The number of hydrogen-bond acceptors (Lipinski definition) is 3. The van der Waals surface area contributed by atoms with Gasteiger partial charge in [-0.1, -0.05) is 6.07 Å². The van der Waals surface area contributed by atoms with Crippen molar-refractivity contribution in [2.75, 3.05) is 12.4 Å². The van der Waals surface area contributed by atoms with Gasteiger partial charge >= 0.3 is 0 Å². The van der Waals surface area contributed by atoms with Crippen LogP contribution in [0.4, 0.5) is 10.3 Å². The molecular weight excluding hydrogens is 229 g/mol. The monoisotopic (exact) mass is 245 g/mol. The van der Waals surface area contributed by atoms with Gasteiger partial charge in [-0.2, -0.15) is 0 Å². The average molecular weight is 245 g/mol. The van der Waals surface area contributed by atoms with E-state index in [-0.39, 0.29) is 5.82 Å². The van der Waals surface area contributed by atoms with Crippen LogP contribution in [0.2, 0.25) is 0 Å². The lowest BCUT2D eigenvalue weighted by Gasteiger charge is -2.11. The highest BCUT2D eigenvalue weighted by Gasteiger charge is 2.14. The first kappa shape index (κ1) is 12.5. The first-order valence-corrected chi connectivity index (χ1v) is 5.81. The van der Waals surface area contributed by atoms with Gasteiger partial charge in [-0.05, 0) is 43.5 Å². The van der Waals surface area contributed by atoms with Gasteiger partial charge in [0.05, 0.1) is 5.69 Å². The maximum Gasteiger partial charge on any atom is 0.222 e. The molecule has 2 aromatic rings. The molecular formula is C14H16FN3. The van der Waals surface area contributed by atoms with E-state index in [2.05, 4.69) is 15.3 Å². The largest absolute Gasteiger partial charge is 0.357 e. The Kier molecular flexibility index (Phi) is 3.28. The molecule has 94 valence electrons. The van der Waals surface area contributed by atoms with Gasteiger partial charge in [0.25, 0.3) is 0 Å². The fraction of sp³-hybridized carbons (Fsp3) is 0.286. The molecule has 1 aromatic carbocycles. The molecule has 3 nitrogen and oxygen atoms in total. The van der Waals surface area contributed by atoms with Crippen LogP contribution in [0.5, 0.6) is 0 Å². The van der Waals surface area contributed by atoms with Crippen molar-refractivity contribution < 1.29 is 4.39 Å². The van der Waals surface area contributed by atoms with E-state index in [0.717, 1.165) is 16.7 Å². The van der Waals surface area contributed by atoms with Crippen molar-refractivity contribution in [2.24, 2.45) is 0 Å². The number of halogens is 1. The number of benzene rings is 1. The molecule has 0 atom stereocenters. The molecule has 18 heavy (non-hydrogen) atoms. The van der Waals surface area contributed by atoms with E-state index in [1.165, 1.54) is 6.07 Å². The molecule has 0 radical (unpaired) electrons. The molecule has 0 amide bonds. The third kappa shape index (κ3) is 2.18. The Bertz CT molecular complexity index is 571. The van der Waals surface area contributed by atoms with E-state index in [1.54, 1.807) is 13.2 Å². The van der Waals surface area contributed by atoms with E-state index in [4.69, 9.17) is 0 Å². The van der Waals surface area contributed by atoms with Crippen molar-refractivity contribution >= 4 is 5.95 Å². The SMILES string of the molecule is CNc1ncc(C)c(-c2c(C)cc(C)cc2F)n1. The highest BCUT2D eigenvalue weighted by Crippen LogP contribution is 2.28. The summed E-state index contributed by atoms with van der Waals surface area (Å²) in [6, 6.07) is 3.49. The summed E-state index contributed by atoms with van der Waals surface area (Å²) in [6.07, 6.45) is 1.70. The summed E-state index contributed by atoms with van der Waals surface area (Å²) in [5, 5.41) is 2.87. The predicted octanol–water partition coefficient (Wildman–Crippen LogP) is 3.25. The number of aromatic nitrogens is 2. The Balaban J connectivity index is 2.68. The van der Waals surface area contributed by atoms with Gasteiger partial charge in [-0.15, -0.1) is 0 Å². The predicted molar refractivity (Wildman–Crippen MR) is 71.2 cm³/mol. The van der Waals surface area contributed by atoms with Crippen LogP contribution in [-0.2, 0) is 0 Å². The van der Waals surface area contributed by atoms with Gasteiger partial charge in [0.1, 0.15) is 5.82 Å². The molecule has 0 aliphatic carbocycles.